The van der Waals surface area contributed by atoms with Crippen molar-refractivity contribution in [1.29, 1.82) is 0 Å². The minimum Gasteiger partial charge on any atom is -0.353 e. The van der Waals surface area contributed by atoms with Crippen LogP contribution in [-0.4, -0.2) is 51.2 Å². The molecule has 0 bridgehead atoms. The molecule has 1 aliphatic heterocycles. The van der Waals surface area contributed by atoms with Crippen molar-refractivity contribution in [3.63, 3.8) is 0 Å². The molecule has 7 heteroatoms. The summed E-state index contributed by atoms with van der Waals surface area (Å²) in [7, 11) is 0. The van der Waals surface area contributed by atoms with E-state index in [9.17, 15) is 0 Å². The highest BCUT2D eigenvalue weighted by Gasteiger charge is 2.23. The molecular formula is C18H22N6O. The molecule has 1 saturated heterocycles. The number of hydrogen-bond acceptors (Lipinski definition) is 7. The lowest BCUT2D eigenvalue weighted by Gasteiger charge is -2.35. The van der Waals surface area contributed by atoms with E-state index in [1.54, 1.807) is 0 Å². The first kappa shape index (κ1) is 16.0. The highest BCUT2D eigenvalue weighted by molar-refractivity contribution is 5.88. The molecule has 0 radical (unpaired) electrons. The Balaban J connectivity index is 1.51. The van der Waals surface area contributed by atoms with Gasteiger partial charge in [0.1, 0.15) is 17.0 Å². The van der Waals surface area contributed by atoms with E-state index in [0.29, 0.717) is 11.5 Å². The summed E-state index contributed by atoms with van der Waals surface area (Å²) in [5, 5.41) is 4.98. The molecule has 0 saturated carbocycles. The first-order chi connectivity index (χ1) is 12.1. The lowest BCUT2D eigenvalue weighted by molar-refractivity contribution is 0.246. The molecule has 130 valence electrons. The van der Waals surface area contributed by atoms with Gasteiger partial charge in [-0.1, -0.05) is 11.2 Å². The summed E-state index contributed by atoms with van der Waals surface area (Å²) in [6.45, 7) is 10.6. The largest absolute Gasteiger partial charge is 0.353 e. The van der Waals surface area contributed by atoms with E-state index in [1.807, 2.05) is 26.1 Å². The van der Waals surface area contributed by atoms with Gasteiger partial charge in [0.25, 0.3) is 5.71 Å². The van der Waals surface area contributed by atoms with Crippen molar-refractivity contribution in [2.45, 2.75) is 27.3 Å². The Hall–Kier alpha value is -2.54. The van der Waals surface area contributed by atoms with Crippen molar-refractivity contribution in [3.8, 4) is 0 Å². The van der Waals surface area contributed by atoms with E-state index in [4.69, 9.17) is 4.52 Å². The predicted molar refractivity (Wildman–Crippen MR) is 95.5 cm³/mol. The van der Waals surface area contributed by atoms with Gasteiger partial charge in [-0.25, -0.2) is 4.98 Å². The normalized spacial score (nSPS) is 15.9. The van der Waals surface area contributed by atoms with Crippen LogP contribution < -0.4 is 4.90 Å². The molecule has 0 spiro atoms. The van der Waals surface area contributed by atoms with Crippen molar-refractivity contribution in [3.05, 3.63) is 41.1 Å². The van der Waals surface area contributed by atoms with Gasteiger partial charge in [-0.05, 0) is 32.4 Å². The van der Waals surface area contributed by atoms with Crippen LogP contribution in [0.5, 0.6) is 0 Å². The number of aromatic nitrogens is 4. The minimum absolute atomic E-state index is 0.575. The standard InChI is InChI=1S/C18H22N6O/c1-12-5-4-6-19-15(12)11-23-7-9-24(10-8-23)17-16-13(2)22-25-18(16)21-14(3)20-17/h4-6H,7-11H2,1-3H3. The van der Waals surface area contributed by atoms with Crippen LogP contribution in [0.2, 0.25) is 0 Å². The van der Waals surface area contributed by atoms with Crippen LogP contribution in [0.15, 0.2) is 22.9 Å². The van der Waals surface area contributed by atoms with Crippen LogP contribution >= 0.6 is 0 Å². The Bertz CT molecular complexity index is 898. The van der Waals surface area contributed by atoms with E-state index in [2.05, 4.69) is 42.9 Å². The number of anilines is 1. The zero-order valence-corrected chi connectivity index (χ0v) is 14.9. The molecule has 0 aliphatic carbocycles. The van der Waals surface area contributed by atoms with Gasteiger partial charge in [-0.3, -0.25) is 9.88 Å². The summed E-state index contributed by atoms with van der Waals surface area (Å²) < 4.78 is 5.33. The summed E-state index contributed by atoms with van der Waals surface area (Å²) in [6.07, 6.45) is 1.87. The lowest BCUT2D eigenvalue weighted by Crippen LogP contribution is -2.46. The van der Waals surface area contributed by atoms with Crippen LogP contribution in [0.3, 0.4) is 0 Å². The fourth-order valence-electron chi connectivity index (χ4n) is 3.31. The first-order valence-corrected chi connectivity index (χ1v) is 8.60. The molecule has 7 nitrogen and oxygen atoms in total. The van der Waals surface area contributed by atoms with E-state index in [0.717, 1.165) is 55.3 Å². The SMILES string of the molecule is Cc1nc(N2CCN(Cc3ncccc3C)CC2)c2c(C)noc2n1. The summed E-state index contributed by atoms with van der Waals surface area (Å²) in [5.41, 5.74) is 3.83. The monoisotopic (exact) mass is 338 g/mol. The zero-order chi connectivity index (χ0) is 17.4. The van der Waals surface area contributed by atoms with Crippen LogP contribution in [0.1, 0.15) is 22.8 Å². The Labute approximate surface area is 146 Å². The number of hydrogen-bond donors (Lipinski definition) is 0. The van der Waals surface area contributed by atoms with Crippen LogP contribution in [0.25, 0.3) is 11.1 Å². The highest BCUT2D eigenvalue weighted by atomic mass is 16.5. The number of fused-ring (bicyclic) bond motifs is 1. The molecule has 0 unspecified atom stereocenters. The lowest BCUT2D eigenvalue weighted by atomic mass is 10.2. The molecular weight excluding hydrogens is 316 g/mol. The number of aryl methyl sites for hydroxylation is 3. The van der Waals surface area contributed by atoms with Crippen LogP contribution in [-0.2, 0) is 6.54 Å². The Morgan fingerprint density at radius 1 is 1.08 bits per heavy atom. The second-order valence-electron chi connectivity index (χ2n) is 6.57. The maximum absolute atomic E-state index is 5.33. The fraction of sp³-hybridized carbons (Fsp3) is 0.444. The molecule has 1 aliphatic rings. The van der Waals surface area contributed by atoms with Gasteiger partial charge in [0.05, 0.1) is 11.4 Å². The van der Waals surface area contributed by atoms with Crippen molar-refractivity contribution in [2.75, 3.05) is 31.1 Å². The molecule has 0 atom stereocenters. The number of piperazine rings is 1. The minimum atomic E-state index is 0.575. The second-order valence-corrected chi connectivity index (χ2v) is 6.57. The van der Waals surface area contributed by atoms with E-state index >= 15 is 0 Å². The Kier molecular flexibility index (Phi) is 4.09. The van der Waals surface area contributed by atoms with Gasteiger partial charge in [0.15, 0.2) is 0 Å². The molecule has 1 fully saturated rings. The van der Waals surface area contributed by atoms with Gasteiger partial charge in [0.2, 0.25) is 0 Å². The summed E-state index contributed by atoms with van der Waals surface area (Å²) in [5.74, 6) is 1.65. The third-order valence-corrected chi connectivity index (χ3v) is 4.76. The molecule has 25 heavy (non-hydrogen) atoms. The van der Waals surface area contributed by atoms with Crippen molar-refractivity contribution >= 4 is 16.9 Å². The topological polar surface area (TPSA) is 71.2 Å². The smallest absolute Gasteiger partial charge is 0.263 e. The van der Waals surface area contributed by atoms with Crippen molar-refractivity contribution in [1.82, 2.24) is 25.0 Å². The average Bonchev–Trinajstić information content (AvgIpc) is 2.98. The second kappa shape index (κ2) is 6.40. The van der Waals surface area contributed by atoms with Gasteiger partial charge >= 0.3 is 0 Å². The Morgan fingerprint density at radius 3 is 2.64 bits per heavy atom. The summed E-state index contributed by atoms with van der Waals surface area (Å²) in [6, 6.07) is 4.11. The molecule has 0 amide bonds. The average molecular weight is 338 g/mol. The fourth-order valence-corrected chi connectivity index (χ4v) is 3.31. The van der Waals surface area contributed by atoms with Crippen molar-refractivity contribution < 1.29 is 4.52 Å². The Morgan fingerprint density at radius 2 is 1.88 bits per heavy atom. The van der Waals surface area contributed by atoms with Crippen molar-refractivity contribution in [2.24, 2.45) is 0 Å². The molecule has 4 heterocycles. The van der Waals surface area contributed by atoms with Crippen LogP contribution in [0, 0.1) is 20.8 Å². The maximum atomic E-state index is 5.33. The number of nitrogens with zero attached hydrogens (tertiary/aromatic N) is 6. The molecule has 4 rings (SSSR count). The number of rotatable bonds is 3. The van der Waals surface area contributed by atoms with E-state index < -0.39 is 0 Å². The summed E-state index contributed by atoms with van der Waals surface area (Å²) in [4.78, 5) is 18.3. The molecule has 0 N–H and O–H groups in total. The predicted octanol–water partition coefficient (Wildman–Crippen LogP) is 2.26. The molecule has 3 aromatic heterocycles. The highest BCUT2D eigenvalue weighted by Crippen LogP contribution is 2.27. The third kappa shape index (κ3) is 3.07. The van der Waals surface area contributed by atoms with E-state index in [-0.39, 0.29) is 0 Å². The molecule has 0 aromatic carbocycles. The van der Waals surface area contributed by atoms with Gasteiger partial charge in [0, 0.05) is 38.9 Å². The van der Waals surface area contributed by atoms with Gasteiger partial charge < -0.3 is 9.42 Å². The first-order valence-electron chi connectivity index (χ1n) is 8.60. The van der Waals surface area contributed by atoms with Crippen LogP contribution in [0.4, 0.5) is 5.82 Å². The quantitative estimate of drug-likeness (QED) is 0.725. The number of pyridine rings is 1. The third-order valence-electron chi connectivity index (χ3n) is 4.76. The maximum Gasteiger partial charge on any atom is 0.263 e. The van der Waals surface area contributed by atoms with Gasteiger partial charge in [-0.2, -0.15) is 4.98 Å². The molecule has 3 aromatic rings. The zero-order valence-electron chi connectivity index (χ0n) is 14.9. The summed E-state index contributed by atoms with van der Waals surface area (Å²) >= 11 is 0. The van der Waals surface area contributed by atoms with E-state index in [1.165, 1.54) is 5.56 Å². The van der Waals surface area contributed by atoms with Gasteiger partial charge in [-0.15, -0.1) is 0 Å².